The van der Waals surface area contributed by atoms with Crippen molar-refractivity contribution in [3.05, 3.63) is 77.6 Å². The summed E-state index contributed by atoms with van der Waals surface area (Å²) in [6, 6.07) is 12.5. The summed E-state index contributed by atoms with van der Waals surface area (Å²) in [5.74, 6) is 5.38. The van der Waals surface area contributed by atoms with Crippen LogP contribution in [0.2, 0.25) is 0 Å². The van der Waals surface area contributed by atoms with Gasteiger partial charge in [0.15, 0.2) is 0 Å². The summed E-state index contributed by atoms with van der Waals surface area (Å²) in [5, 5.41) is 2.21. The number of hydrogen-bond donors (Lipinski definition) is 0. The highest BCUT2D eigenvalue weighted by Gasteiger charge is 2.00. The van der Waals surface area contributed by atoms with E-state index in [9.17, 15) is 4.39 Å². The van der Waals surface area contributed by atoms with Gasteiger partial charge in [-0.3, -0.25) is 0 Å². The topological polar surface area (TPSA) is 12.4 Å². The fourth-order valence-corrected chi connectivity index (χ4v) is 2.00. The fourth-order valence-electron chi connectivity index (χ4n) is 1.89. The summed E-state index contributed by atoms with van der Waals surface area (Å²) in [6.45, 7) is 3.71. The van der Waals surface area contributed by atoms with Crippen LogP contribution in [0.3, 0.4) is 0 Å². The van der Waals surface area contributed by atoms with E-state index in [2.05, 4.69) is 40.8 Å². The molecule has 0 aliphatic carbocycles. The standard InChI is InChI=1S/C19H14FNS/c1-2-3-4-15-5-7-16(8-6-15)9-10-17-11-12-18(21-14-22)13-19(17)20/h2,5-8,11-13H,1,3-4H2. The minimum atomic E-state index is -0.415. The number of isothiocyanates is 1. The Balaban J connectivity index is 2.16. The zero-order chi connectivity index (χ0) is 15.8. The molecular formula is C19H14FNS. The lowest BCUT2D eigenvalue weighted by molar-refractivity contribution is 0.625. The fraction of sp³-hybridized carbons (Fsp3) is 0.105. The lowest BCUT2D eigenvalue weighted by atomic mass is 10.1. The number of aryl methyl sites for hydroxylation is 1. The second-order valence-corrected chi connectivity index (χ2v) is 4.82. The van der Waals surface area contributed by atoms with Crippen molar-refractivity contribution in [2.75, 3.05) is 0 Å². The van der Waals surface area contributed by atoms with E-state index >= 15 is 0 Å². The molecule has 0 saturated carbocycles. The van der Waals surface area contributed by atoms with Crippen molar-refractivity contribution in [3.8, 4) is 11.8 Å². The van der Waals surface area contributed by atoms with Gasteiger partial charge in [-0.1, -0.05) is 30.0 Å². The lowest BCUT2D eigenvalue weighted by Gasteiger charge is -1.98. The molecule has 2 rings (SSSR count). The lowest BCUT2D eigenvalue weighted by Crippen LogP contribution is -1.85. The third kappa shape index (κ3) is 4.49. The first-order chi connectivity index (χ1) is 10.7. The number of allylic oxidation sites excluding steroid dienone is 1. The van der Waals surface area contributed by atoms with Gasteiger partial charge in [-0.15, -0.1) is 6.58 Å². The maximum Gasteiger partial charge on any atom is 0.141 e. The monoisotopic (exact) mass is 307 g/mol. The van der Waals surface area contributed by atoms with Crippen LogP contribution in [0, 0.1) is 17.7 Å². The van der Waals surface area contributed by atoms with Crippen molar-refractivity contribution in [1.82, 2.24) is 0 Å². The van der Waals surface area contributed by atoms with Crippen LogP contribution >= 0.6 is 12.2 Å². The van der Waals surface area contributed by atoms with Gasteiger partial charge in [0.25, 0.3) is 0 Å². The third-order valence-electron chi connectivity index (χ3n) is 3.06. The quantitative estimate of drug-likeness (QED) is 0.332. The van der Waals surface area contributed by atoms with E-state index < -0.39 is 5.82 Å². The zero-order valence-electron chi connectivity index (χ0n) is 12.0. The van der Waals surface area contributed by atoms with Crippen molar-refractivity contribution in [3.63, 3.8) is 0 Å². The molecule has 0 spiro atoms. The molecular weight excluding hydrogens is 293 g/mol. The van der Waals surface area contributed by atoms with E-state index in [1.54, 1.807) is 12.1 Å². The first-order valence-corrected chi connectivity index (χ1v) is 7.23. The minimum Gasteiger partial charge on any atom is -0.206 e. The first kappa shape index (κ1) is 15.9. The summed E-state index contributed by atoms with van der Waals surface area (Å²) in [5.41, 5.74) is 2.85. The summed E-state index contributed by atoms with van der Waals surface area (Å²) in [6.07, 6.45) is 3.81. The van der Waals surface area contributed by atoms with E-state index in [1.165, 1.54) is 11.6 Å². The summed E-state index contributed by atoms with van der Waals surface area (Å²) >= 11 is 4.49. The molecule has 0 radical (unpaired) electrons. The normalized spacial score (nSPS) is 9.32. The van der Waals surface area contributed by atoms with Crippen molar-refractivity contribution < 1.29 is 4.39 Å². The number of thiocarbonyl (C=S) groups is 1. The van der Waals surface area contributed by atoms with Crippen LogP contribution in [-0.4, -0.2) is 5.16 Å². The summed E-state index contributed by atoms with van der Waals surface area (Å²) < 4.78 is 13.8. The van der Waals surface area contributed by atoms with E-state index in [0.29, 0.717) is 11.3 Å². The van der Waals surface area contributed by atoms with Gasteiger partial charge in [-0.05, 0) is 54.9 Å². The molecule has 1 nitrogen and oxygen atoms in total. The van der Waals surface area contributed by atoms with E-state index in [0.717, 1.165) is 18.4 Å². The Bertz CT molecular complexity index is 775. The number of rotatable bonds is 4. The molecule has 0 N–H and O–H groups in total. The highest BCUT2D eigenvalue weighted by atomic mass is 32.1. The van der Waals surface area contributed by atoms with Gasteiger partial charge < -0.3 is 0 Å². The molecule has 3 heteroatoms. The zero-order valence-corrected chi connectivity index (χ0v) is 12.8. The van der Waals surface area contributed by atoms with Crippen LogP contribution in [-0.2, 0) is 6.42 Å². The molecule has 0 fully saturated rings. The van der Waals surface area contributed by atoms with Gasteiger partial charge in [0, 0.05) is 11.6 Å². The Hall–Kier alpha value is -2.53. The molecule has 0 bridgehead atoms. The van der Waals surface area contributed by atoms with Crippen LogP contribution in [0.1, 0.15) is 23.1 Å². The van der Waals surface area contributed by atoms with Crippen LogP contribution in [0.15, 0.2) is 60.1 Å². The minimum absolute atomic E-state index is 0.332. The van der Waals surface area contributed by atoms with Crippen molar-refractivity contribution in [1.29, 1.82) is 0 Å². The number of halogens is 1. The molecule has 0 aliphatic rings. The smallest absolute Gasteiger partial charge is 0.141 e. The number of nitrogens with zero attached hydrogens (tertiary/aromatic N) is 1. The molecule has 22 heavy (non-hydrogen) atoms. The maximum absolute atomic E-state index is 13.8. The molecule has 0 aromatic heterocycles. The Morgan fingerprint density at radius 1 is 1.14 bits per heavy atom. The Labute approximate surface area is 135 Å². The molecule has 0 unspecified atom stereocenters. The van der Waals surface area contributed by atoms with Gasteiger partial charge in [-0.2, -0.15) is 4.99 Å². The largest absolute Gasteiger partial charge is 0.206 e. The van der Waals surface area contributed by atoms with Crippen LogP contribution < -0.4 is 0 Å². The van der Waals surface area contributed by atoms with Gasteiger partial charge in [0.2, 0.25) is 0 Å². The molecule has 108 valence electrons. The predicted molar refractivity (Wildman–Crippen MR) is 92.0 cm³/mol. The molecule has 0 aliphatic heterocycles. The second-order valence-electron chi connectivity index (χ2n) is 4.64. The number of aliphatic imine (C=N–C) groups is 1. The highest BCUT2D eigenvalue weighted by Crippen LogP contribution is 2.16. The average Bonchev–Trinajstić information content (AvgIpc) is 2.53. The second kappa shape index (κ2) is 8.05. The number of benzene rings is 2. The molecule has 2 aromatic rings. The maximum atomic E-state index is 13.8. The van der Waals surface area contributed by atoms with Gasteiger partial charge in [-0.25, -0.2) is 4.39 Å². The summed E-state index contributed by atoms with van der Waals surface area (Å²) in [7, 11) is 0. The van der Waals surface area contributed by atoms with E-state index in [1.807, 2.05) is 30.3 Å². The molecule has 2 aromatic carbocycles. The van der Waals surface area contributed by atoms with Crippen molar-refractivity contribution in [2.24, 2.45) is 4.99 Å². The van der Waals surface area contributed by atoms with Gasteiger partial charge >= 0.3 is 0 Å². The van der Waals surface area contributed by atoms with Crippen molar-refractivity contribution in [2.45, 2.75) is 12.8 Å². The van der Waals surface area contributed by atoms with Crippen LogP contribution in [0.25, 0.3) is 0 Å². The third-order valence-corrected chi connectivity index (χ3v) is 3.15. The predicted octanol–water partition coefficient (Wildman–Crippen LogP) is 5.08. The molecule has 0 atom stereocenters. The average molecular weight is 307 g/mol. The molecule has 0 heterocycles. The van der Waals surface area contributed by atoms with Crippen LogP contribution in [0.5, 0.6) is 0 Å². The summed E-state index contributed by atoms with van der Waals surface area (Å²) in [4.78, 5) is 3.73. The van der Waals surface area contributed by atoms with E-state index in [-0.39, 0.29) is 0 Å². The van der Waals surface area contributed by atoms with E-state index in [4.69, 9.17) is 0 Å². The SMILES string of the molecule is C=CCCc1ccc(C#Cc2ccc(N=C=S)cc2F)cc1. The highest BCUT2D eigenvalue weighted by molar-refractivity contribution is 7.78. The van der Waals surface area contributed by atoms with Gasteiger partial charge in [0.1, 0.15) is 5.82 Å². The number of hydrogen-bond acceptors (Lipinski definition) is 2. The molecule has 0 amide bonds. The van der Waals surface area contributed by atoms with Gasteiger partial charge in [0.05, 0.1) is 16.4 Å². The Morgan fingerprint density at radius 2 is 1.91 bits per heavy atom. The Morgan fingerprint density at radius 3 is 2.55 bits per heavy atom. The van der Waals surface area contributed by atoms with Crippen LogP contribution in [0.4, 0.5) is 10.1 Å². The van der Waals surface area contributed by atoms with Crippen molar-refractivity contribution >= 4 is 23.1 Å². The Kier molecular flexibility index (Phi) is 5.80. The molecule has 0 saturated heterocycles. The first-order valence-electron chi connectivity index (χ1n) is 6.82.